The Morgan fingerprint density at radius 2 is 2.11 bits per heavy atom. The van der Waals surface area contributed by atoms with Crippen molar-refractivity contribution in [3.8, 4) is 5.75 Å². The highest BCUT2D eigenvalue weighted by Crippen LogP contribution is 2.18. The lowest BCUT2D eigenvalue weighted by atomic mass is 10.1. The monoisotopic (exact) mass is 272 g/mol. The van der Waals surface area contributed by atoms with Crippen molar-refractivity contribution in [1.82, 2.24) is 5.32 Å². The van der Waals surface area contributed by atoms with Gasteiger partial charge >= 0.3 is 0 Å². The Morgan fingerprint density at radius 1 is 1.42 bits per heavy atom. The van der Waals surface area contributed by atoms with Crippen molar-refractivity contribution in [3.05, 3.63) is 29.8 Å². The van der Waals surface area contributed by atoms with Crippen LogP contribution in [-0.2, 0) is 11.2 Å². The minimum atomic E-state index is -3.06. The van der Waals surface area contributed by atoms with Gasteiger partial charge in [-0.1, -0.05) is 18.2 Å². The Morgan fingerprint density at radius 3 is 2.74 bits per heavy atom. The predicted octanol–water partition coefficient (Wildman–Crippen LogP) is 1.34. The Hall–Kier alpha value is -1.69. The molecular formula is C13H18F2N2O2. The molecule has 1 aromatic carbocycles. The third-order valence-electron chi connectivity index (χ3n) is 2.66. The molecule has 6 heteroatoms. The Bertz CT molecular complexity index is 425. The van der Waals surface area contributed by atoms with E-state index in [1.807, 2.05) is 18.2 Å². The molecule has 4 nitrogen and oxygen atoms in total. The lowest BCUT2D eigenvalue weighted by molar-refractivity contribution is -0.122. The van der Waals surface area contributed by atoms with Gasteiger partial charge in [-0.3, -0.25) is 4.79 Å². The summed E-state index contributed by atoms with van der Waals surface area (Å²) < 4.78 is 30.8. The molecule has 0 bridgehead atoms. The summed E-state index contributed by atoms with van der Waals surface area (Å²) in [5.41, 5.74) is 5.74. The highest BCUT2D eigenvalue weighted by Gasteiger charge is 2.26. The maximum absolute atomic E-state index is 12.8. The Kier molecular flexibility index (Phi) is 5.69. The van der Waals surface area contributed by atoms with Crippen LogP contribution >= 0.6 is 0 Å². The lowest BCUT2D eigenvalue weighted by Crippen LogP contribution is -2.41. The van der Waals surface area contributed by atoms with Crippen LogP contribution in [-0.4, -0.2) is 32.0 Å². The number of carbonyl (C=O) groups excluding carboxylic acids is 1. The summed E-state index contributed by atoms with van der Waals surface area (Å²) in [6.45, 7) is -1.51. The van der Waals surface area contributed by atoms with Crippen molar-refractivity contribution in [1.29, 1.82) is 0 Å². The van der Waals surface area contributed by atoms with Crippen molar-refractivity contribution in [2.75, 3.05) is 20.2 Å². The van der Waals surface area contributed by atoms with Crippen LogP contribution in [0.15, 0.2) is 24.3 Å². The minimum absolute atomic E-state index is 0.126. The third kappa shape index (κ3) is 5.21. The number of nitrogens with one attached hydrogen (secondary N) is 1. The van der Waals surface area contributed by atoms with E-state index in [9.17, 15) is 13.6 Å². The van der Waals surface area contributed by atoms with E-state index in [2.05, 4.69) is 5.32 Å². The van der Waals surface area contributed by atoms with Gasteiger partial charge in [0.05, 0.1) is 20.2 Å². The molecule has 1 amide bonds. The van der Waals surface area contributed by atoms with Gasteiger partial charge < -0.3 is 15.8 Å². The summed E-state index contributed by atoms with van der Waals surface area (Å²) in [6.07, 6.45) is 0.561. The van der Waals surface area contributed by atoms with Gasteiger partial charge in [0.2, 0.25) is 5.91 Å². The molecule has 1 aromatic rings. The van der Waals surface area contributed by atoms with Crippen LogP contribution in [0.3, 0.4) is 0 Å². The smallest absolute Gasteiger partial charge is 0.277 e. The molecule has 0 saturated carbocycles. The summed E-state index contributed by atoms with van der Waals surface area (Å²) in [6, 6.07) is 7.28. The number of aryl methyl sites for hydroxylation is 1. The molecule has 19 heavy (non-hydrogen) atoms. The number of carbonyl (C=O) groups is 1. The second kappa shape index (κ2) is 7.04. The number of benzene rings is 1. The molecule has 0 aliphatic carbocycles. The van der Waals surface area contributed by atoms with Crippen LogP contribution in [0.2, 0.25) is 0 Å². The number of hydrogen-bond donors (Lipinski definition) is 2. The number of rotatable bonds is 7. The molecule has 0 spiro atoms. The zero-order valence-corrected chi connectivity index (χ0v) is 10.8. The first kappa shape index (κ1) is 15.4. The first-order chi connectivity index (χ1) is 8.98. The van der Waals surface area contributed by atoms with E-state index < -0.39 is 24.9 Å². The second-order valence-electron chi connectivity index (χ2n) is 4.15. The van der Waals surface area contributed by atoms with Crippen molar-refractivity contribution >= 4 is 5.91 Å². The van der Waals surface area contributed by atoms with E-state index in [1.165, 1.54) is 0 Å². The molecule has 1 rings (SSSR count). The van der Waals surface area contributed by atoms with Gasteiger partial charge in [-0.2, -0.15) is 0 Å². The van der Waals surface area contributed by atoms with E-state index in [1.54, 1.807) is 13.2 Å². The van der Waals surface area contributed by atoms with Crippen molar-refractivity contribution in [2.24, 2.45) is 5.73 Å². The molecule has 0 unspecified atom stereocenters. The van der Waals surface area contributed by atoms with Gasteiger partial charge in [-0.05, 0) is 18.1 Å². The third-order valence-corrected chi connectivity index (χ3v) is 2.66. The quantitative estimate of drug-likeness (QED) is 0.787. The van der Waals surface area contributed by atoms with E-state index >= 15 is 0 Å². The van der Waals surface area contributed by atoms with E-state index in [0.29, 0.717) is 12.2 Å². The molecule has 0 aromatic heterocycles. The number of nitrogens with two attached hydrogens (primary N) is 1. The van der Waals surface area contributed by atoms with Gasteiger partial charge in [0, 0.05) is 6.42 Å². The van der Waals surface area contributed by atoms with Crippen LogP contribution in [0.4, 0.5) is 8.78 Å². The number of amides is 1. The van der Waals surface area contributed by atoms with E-state index in [4.69, 9.17) is 10.5 Å². The molecule has 0 atom stereocenters. The first-order valence-electron chi connectivity index (χ1n) is 5.95. The molecule has 0 aliphatic heterocycles. The molecule has 3 N–H and O–H groups in total. The van der Waals surface area contributed by atoms with Crippen LogP contribution in [0.5, 0.6) is 5.75 Å². The largest absolute Gasteiger partial charge is 0.496 e. The highest BCUT2D eigenvalue weighted by atomic mass is 19.3. The Labute approximate surface area is 110 Å². The highest BCUT2D eigenvalue weighted by molar-refractivity contribution is 5.76. The summed E-state index contributed by atoms with van der Waals surface area (Å²) in [7, 11) is 1.54. The normalized spacial score (nSPS) is 11.2. The number of halogens is 2. The molecule has 0 fully saturated rings. The molecule has 106 valence electrons. The summed E-state index contributed by atoms with van der Waals surface area (Å²) >= 11 is 0. The number of alkyl halides is 2. The summed E-state index contributed by atoms with van der Waals surface area (Å²) in [5, 5.41) is 2.17. The number of hydrogen-bond acceptors (Lipinski definition) is 3. The fourth-order valence-corrected chi connectivity index (χ4v) is 1.55. The number of methoxy groups -OCH3 is 1. The Balaban J connectivity index is 2.42. The van der Waals surface area contributed by atoms with Crippen LogP contribution < -0.4 is 15.8 Å². The van der Waals surface area contributed by atoms with Crippen LogP contribution in [0.25, 0.3) is 0 Å². The molecule has 0 saturated heterocycles. The molecule has 0 radical (unpaired) electrons. The number of para-hydroxylation sites is 1. The lowest BCUT2D eigenvalue weighted by Gasteiger charge is -2.14. The van der Waals surface area contributed by atoms with Gasteiger partial charge in [-0.15, -0.1) is 0 Å². The maximum atomic E-state index is 12.8. The second-order valence-corrected chi connectivity index (χ2v) is 4.15. The van der Waals surface area contributed by atoms with E-state index in [0.717, 1.165) is 5.56 Å². The first-order valence-corrected chi connectivity index (χ1v) is 5.95. The average molecular weight is 272 g/mol. The molecule has 0 aliphatic rings. The fourth-order valence-electron chi connectivity index (χ4n) is 1.55. The summed E-state index contributed by atoms with van der Waals surface area (Å²) in [4.78, 5) is 11.5. The van der Waals surface area contributed by atoms with Gasteiger partial charge in [0.1, 0.15) is 5.75 Å². The van der Waals surface area contributed by atoms with E-state index in [-0.39, 0.29) is 6.42 Å². The zero-order chi connectivity index (χ0) is 14.3. The SMILES string of the molecule is COc1ccccc1CCC(=O)NCC(F)(F)CN. The topological polar surface area (TPSA) is 64.3 Å². The zero-order valence-electron chi connectivity index (χ0n) is 10.8. The predicted molar refractivity (Wildman–Crippen MR) is 68.3 cm³/mol. The van der Waals surface area contributed by atoms with Crippen molar-refractivity contribution in [3.63, 3.8) is 0 Å². The maximum Gasteiger partial charge on any atom is 0.277 e. The molecule has 0 heterocycles. The van der Waals surface area contributed by atoms with Crippen molar-refractivity contribution in [2.45, 2.75) is 18.8 Å². The van der Waals surface area contributed by atoms with Crippen LogP contribution in [0, 0.1) is 0 Å². The molecular weight excluding hydrogens is 254 g/mol. The van der Waals surface area contributed by atoms with Crippen LogP contribution in [0.1, 0.15) is 12.0 Å². The van der Waals surface area contributed by atoms with Gasteiger partial charge in [0.25, 0.3) is 5.92 Å². The summed E-state index contributed by atoms with van der Waals surface area (Å²) in [5.74, 6) is -2.80. The fraction of sp³-hybridized carbons (Fsp3) is 0.462. The van der Waals surface area contributed by atoms with Gasteiger partial charge in [-0.25, -0.2) is 8.78 Å². The average Bonchev–Trinajstić information content (AvgIpc) is 2.43. The number of ether oxygens (including phenoxy) is 1. The van der Waals surface area contributed by atoms with Crippen molar-refractivity contribution < 1.29 is 18.3 Å². The minimum Gasteiger partial charge on any atom is -0.496 e. The van der Waals surface area contributed by atoms with Gasteiger partial charge in [0.15, 0.2) is 0 Å². The standard InChI is InChI=1S/C13H18F2N2O2/c1-19-11-5-3-2-4-10(11)6-7-12(18)17-9-13(14,15)8-16/h2-5H,6-9,16H2,1H3,(H,17,18).